The van der Waals surface area contributed by atoms with E-state index in [0.717, 1.165) is 6.42 Å². The summed E-state index contributed by atoms with van der Waals surface area (Å²) in [6, 6.07) is 7.03. The smallest absolute Gasteiger partial charge is 0.310 e. The molecule has 1 aromatic rings. The number of rotatable bonds is 2. The van der Waals surface area contributed by atoms with Gasteiger partial charge in [-0.15, -0.1) is 0 Å². The van der Waals surface area contributed by atoms with E-state index in [2.05, 4.69) is 21.2 Å². The van der Waals surface area contributed by atoms with Crippen LogP contribution in [0, 0.1) is 23.7 Å². The molecule has 1 amide bonds. The van der Waals surface area contributed by atoms with Gasteiger partial charge in [-0.1, -0.05) is 33.6 Å². The average Bonchev–Trinajstić information content (AvgIpc) is 3.02. The zero-order valence-corrected chi connectivity index (χ0v) is 13.3. The molecule has 1 N–H and O–H groups in total. The zero-order chi connectivity index (χ0) is 14.7. The summed E-state index contributed by atoms with van der Waals surface area (Å²) < 4.78 is 5.41. The standard InChI is InChI=1S/C15H13BrClNO3/c16-12-8-5-9-11(15(20)21-13(9)12)10(8)14(19)18-7-3-1-2-6(17)4-7/h1-4,8-13H,5H2,(H,18,19)/t8-,9+,10-,11-,12+,13-/m0/s1. The van der Waals surface area contributed by atoms with Gasteiger partial charge in [-0.25, -0.2) is 0 Å². The normalized spacial score (nSPS) is 39.4. The number of esters is 1. The molecule has 2 aliphatic carbocycles. The van der Waals surface area contributed by atoms with E-state index in [-0.39, 0.29) is 46.5 Å². The van der Waals surface area contributed by atoms with Crippen LogP contribution in [-0.4, -0.2) is 22.8 Å². The van der Waals surface area contributed by atoms with Crippen LogP contribution in [0.5, 0.6) is 0 Å². The van der Waals surface area contributed by atoms with E-state index in [0.29, 0.717) is 10.7 Å². The number of amides is 1. The Morgan fingerprint density at radius 3 is 2.95 bits per heavy atom. The van der Waals surface area contributed by atoms with Crippen molar-refractivity contribution in [2.45, 2.75) is 17.4 Å². The van der Waals surface area contributed by atoms with Crippen molar-refractivity contribution in [1.29, 1.82) is 0 Å². The van der Waals surface area contributed by atoms with Crippen molar-refractivity contribution in [3.05, 3.63) is 29.3 Å². The summed E-state index contributed by atoms with van der Waals surface area (Å²) in [5.41, 5.74) is 0.657. The maximum Gasteiger partial charge on any atom is 0.310 e. The lowest BCUT2D eigenvalue weighted by Crippen LogP contribution is -2.40. The minimum Gasteiger partial charge on any atom is -0.461 e. The van der Waals surface area contributed by atoms with Crippen molar-refractivity contribution in [1.82, 2.24) is 0 Å². The lowest BCUT2D eigenvalue weighted by Gasteiger charge is -2.27. The molecule has 6 heteroatoms. The van der Waals surface area contributed by atoms with Crippen molar-refractivity contribution >= 4 is 45.1 Å². The van der Waals surface area contributed by atoms with Gasteiger partial charge in [0.05, 0.1) is 16.7 Å². The fourth-order valence-electron chi connectivity index (χ4n) is 4.12. The zero-order valence-electron chi connectivity index (χ0n) is 11.0. The van der Waals surface area contributed by atoms with Crippen LogP contribution in [-0.2, 0) is 14.3 Å². The molecule has 1 aliphatic heterocycles. The van der Waals surface area contributed by atoms with E-state index in [1.54, 1.807) is 24.3 Å². The van der Waals surface area contributed by atoms with Crippen LogP contribution in [0.2, 0.25) is 5.02 Å². The summed E-state index contributed by atoms with van der Waals surface area (Å²) in [5, 5.41) is 3.45. The third-order valence-corrected chi connectivity index (χ3v) is 6.35. The number of halogens is 2. The number of carbonyl (C=O) groups excluding carboxylic acids is 2. The molecule has 1 heterocycles. The van der Waals surface area contributed by atoms with Gasteiger partial charge in [-0.3, -0.25) is 9.59 Å². The molecule has 21 heavy (non-hydrogen) atoms. The Morgan fingerprint density at radius 1 is 1.38 bits per heavy atom. The molecule has 3 aliphatic rings. The molecular formula is C15H13BrClNO3. The number of benzene rings is 1. The van der Waals surface area contributed by atoms with Gasteiger partial charge in [0.1, 0.15) is 6.10 Å². The SMILES string of the molecule is O=C(Nc1cccc(Cl)c1)[C@H]1[C@@H]2C[C@H]3[C@H](OC(=O)[C@@H]31)[C@@H]2Br. The molecule has 4 nitrogen and oxygen atoms in total. The first-order valence-electron chi connectivity index (χ1n) is 6.97. The number of hydrogen-bond donors (Lipinski definition) is 1. The summed E-state index contributed by atoms with van der Waals surface area (Å²) in [6.45, 7) is 0. The highest BCUT2D eigenvalue weighted by atomic mass is 79.9. The molecular weight excluding hydrogens is 358 g/mol. The second-order valence-electron chi connectivity index (χ2n) is 5.96. The Balaban J connectivity index is 1.59. The number of fused-ring (bicyclic) bond motifs is 1. The van der Waals surface area contributed by atoms with E-state index in [1.807, 2.05) is 0 Å². The van der Waals surface area contributed by atoms with Crippen molar-refractivity contribution in [2.24, 2.45) is 23.7 Å². The molecule has 1 saturated heterocycles. The van der Waals surface area contributed by atoms with Crippen LogP contribution >= 0.6 is 27.5 Å². The van der Waals surface area contributed by atoms with Crippen molar-refractivity contribution in [3.8, 4) is 0 Å². The van der Waals surface area contributed by atoms with Gasteiger partial charge in [-0.2, -0.15) is 0 Å². The molecule has 0 aromatic heterocycles. The van der Waals surface area contributed by atoms with Crippen LogP contribution in [0.4, 0.5) is 5.69 Å². The predicted molar refractivity (Wildman–Crippen MR) is 81.3 cm³/mol. The van der Waals surface area contributed by atoms with E-state index in [9.17, 15) is 9.59 Å². The predicted octanol–water partition coefficient (Wildman–Crippen LogP) is 2.85. The van der Waals surface area contributed by atoms with E-state index in [1.165, 1.54) is 0 Å². The van der Waals surface area contributed by atoms with Gasteiger partial charge in [0.2, 0.25) is 5.91 Å². The fraction of sp³-hybridized carbons (Fsp3) is 0.467. The first-order valence-corrected chi connectivity index (χ1v) is 8.26. The first-order chi connectivity index (χ1) is 10.1. The molecule has 4 rings (SSSR count). The third kappa shape index (κ3) is 1.94. The number of nitrogens with one attached hydrogen (secondary N) is 1. The monoisotopic (exact) mass is 369 g/mol. The number of ether oxygens (including phenoxy) is 1. The highest BCUT2D eigenvalue weighted by molar-refractivity contribution is 9.09. The Kier molecular flexibility index (Phi) is 3.05. The van der Waals surface area contributed by atoms with Crippen molar-refractivity contribution in [2.75, 3.05) is 5.32 Å². The van der Waals surface area contributed by atoms with Crippen LogP contribution < -0.4 is 5.32 Å². The Labute approximate surface area is 135 Å². The van der Waals surface area contributed by atoms with Gasteiger partial charge >= 0.3 is 5.97 Å². The van der Waals surface area contributed by atoms with Crippen LogP contribution in [0.15, 0.2) is 24.3 Å². The summed E-state index contributed by atoms with van der Waals surface area (Å²) in [5.74, 6) is -0.590. The van der Waals surface area contributed by atoms with E-state index in [4.69, 9.17) is 16.3 Å². The summed E-state index contributed by atoms with van der Waals surface area (Å²) in [7, 11) is 0. The molecule has 3 fully saturated rings. The second kappa shape index (κ2) is 4.71. The minimum absolute atomic E-state index is 0.0530. The lowest BCUT2D eigenvalue weighted by molar-refractivity contribution is -0.145. The molecule has 2 bridgehead atoms. The summed E-state index contributed by atoms with van der Waals surface area (Å²) in [6.07, 6.45) is 0.827. The second-order valence-corrected chi connectivity index (χ2v) is 7.45. The lowest BCUT2D eigenvalue weighted by atomic mass is 9.79. The molecule has 110 valence electrons. The maximum atomic E-state index is 12.6. The third-order valence-electron chi connectivity index (χ3n) is 4.92. The largest absolute Gasteiger partial charge is 0.461 e. The van der Waals surface area contributed by atoms with Crippen LogP contribution in [0.25, 0.3) is 0 Å². The molecule has 2 saturated carbocycles. The molecule has 1 aromatic carbocycles. The average molecular weight is 371 g/mol. The van der Waals surface area contributed by atoms with Gasteiger partial charge in [0.25, 0.3) is 0 Å². The summed E-state index contributed by atoms with van der Waals surface area (Å²) >= 11 is 9.53. The number of alkyl halides is 1. The molecule has 0 spiro atoms. The molecule has 6 atom stereocenters. The fourth-order valence-corrected chi connectivity index (χ4v) is 5.36. The number of anilines is 1. The Bertz CT molecular complexity index is 637. The molecule has 0 unspecified atom stereocenters. The van der Waals surface area contributed by atoms with Gasteiger partial charge in [0, 0.05) is 16.6 Å². The number of carbonyl (C=O) groups is 2. The molecule has 0 radical (unpaired) electrons. The van der Waals surface area contributed by atoms with E-state index >= 15 is 0 Å². The van der Waals surface area contributed by atoms with Crippen LogP contribution in [0.3, 0.4) is 0 Å². The van der Waals surface area contributed by atoms with Crippen molar-refractivity contribution < 1.29 is 14.3 Å². The van der Waals surface area contributed by atoms with Crippen molar-refractivity contribution in [3.63, 3.8) is 0 Å². The topological polar surface area (TPSA) is 55.4 Å². The van der Waals surface area contributed by atoms with Gasteiger partial charge < -0.3 is 10.1 Å². The van der Waals surface area contributed by atoms with Gasteiger partial charge in [-0.05, 0) is 30.5 Å². The highest BCUT2D eigenvalue weighted by Gasteiger charge is 2.67. The quantitative estimate of drug-likeness (QED) is 0.643. The number of hydrogen-bond acceptors (Lipinski definition) is 3. The first kappa shape index (κ1) is 13.6. The Morgan fingerprint density at radius 2 is 2.19 bits per heavy atom. The summed E-state index contributed by atoms with van der Waals surface area (Å²) in [4.78, 5) is 24.7. The minimum atomic E-state index is -0.315. The Hall–Kier alpha value is -1.07. The van der Waals surface area contributed by atoms with E-state index < -0.39 is 0 Å². The van der Waals surface area contributed by atoms with Crippen LogP contribution in [0.1, 0.15) is 6.42 Å². The van der Waals surface area contributed by atoms with Gasteiger partial charge in [0.15, 0.2) is 0 Å². The highest BCUT2D eigenvalue weighted by Crippen LogP contribution is 2.60. The maximum absolute atomic E-state index is 12.6.